The molecule has 0 spiro atoms. The fourth-order valence-corrected chi connectivity index (χ4v) is 3.89. The lowest BCUT2D eigenvalue weighted by molar-refractivity contribution is 0.131. The van der Waals surface area contributed by atoms with Gasteiger partial charge in [-0.2, -0.15) is 0 Å². The van der Waals surface area contributed by atoms with Crippen LogP contribution in [0.5, 0.6) is 0 Å². The second-order valence-corrected chi connectivity index (χ2v) is 8.09. The Bertz CT molecular complexity index is 1430. The van der Waals surface area contributed by atoms with Gasteiger partial charge < -0.3 is 10.6 Å². The highest BCUT2D eigenvalue weighted by atomic mass is 35.5. The number of nitrogens with zero attached hydrogens (tertiary/aromatic N) is 2. The summed E-state index contributed by atoms with van der Waals surface area (Å²) in [6.45, 7) is 0.0489. The molecule has 0 radical (unpaired) electrons. The van der Waals surface area contributed by atoms with Crippen LogP contribution in [0.1, 0.15) is 16.7 Å². The summed E-state index contributed by atoms with van der Waals surface area (Å²) in [4.78, 5) is 18.1. The van der Waals surface area contributed by atoms with Gasteiger partial charge >= 0.3 is 0 Å². The summed E-state index contributed by atoms with van der Waals surface area (Å²) in [5.74, 6) is -1.59. The molecule has 0 bridgehead atoms. The zero-order valence-corrected chi connectivity index (χ0v) is 19.0. The van der Waals surface area contributed by atoms with E-state index in [4.69, 9.17) is 33.8 Å². The van der Waals surface area contributed by atoms with Crippen LogP contribution in [0.4, 0.5) is 14.5 Å². The number of nitrogen functional groups attached to an aromatic ring is 1. The van der Waals surface area contributed by atoms with E-state index in [1.807, 2.05) is 0 Å². The summed E-state index contributed by atoms with van der Waals surface area (Å²) in [7, 11) is 0. The number of benzene rings is 3. The molecular formula is C25H17Cl2F2N3O2. The van der Waals surface area contributed by atoms with Crippen molar-refractivity contribution in [2.24, 2.45) is 5.16 Å². The van der Waals surface area contributed by atoms with Crippen molar-refractivity contribution in [1.82, 2.24) is 4.57 Å². The summed E-state index contributed by atoms with van der Waals surface area (Å²) < 4.78 is 29.5. The molecule has 1 aromatic heterocycles. The number of nitrogens with two attached hydrogens (primary N) is 1. The summed E-state index contributed by atoms with van der Waals surface area (Å²) >= 11 is 12.6. The normalized spacial score (nSPS) is 11.5. The van der Waals surface area contributed by atoms with Crippen molar-refractivity contribution in [3.63, 3.8) is 0 Å². The van der Waals surface area contributed by atoms with E-state index in [1.54, 1.807) is 42.5 Å². The Labute approximate surface area is 203 Å². The maximum Gasteiger partial charge on any atom is 0.255 e. The predicted molar refractivity (Wildman–Crippen MR) is 130 cm³/mol. The molecule has 0 aliphatic heterocycles. The van der Waals surface area contributed by atoms with Crippen LogP contribution >= 0.6 is 23.2 Å². The first-order chi connectivity index (χ1) is 16.3. The van der Waals surface area contributed by atoms with Crippen LogP contribution in [0.15, 0.2) is 88.9 Å². The number of pyridine rings is 1. The molecule has 0 atom stereocenters. The van der Waals surface area contributed by atoms with Gasteiger partial charge in [-0.05, 0) is 48.0 Å². The minimum absolute atomic E-state index is 0.0237. The number of rotatable bonds is 6. The first-order valence-corrected chi connectivity index (χ1v) is 10.8. The minimum atomic E-state index is -0.847. The fraction of sp³-hybridized carbons (Fsp3) is 0.0400. The average molecular weight is 500 g/mol. The summed E-state index contributed by atoms with van der Waals surface area (Å²) in [5, 5.41) is 4.61. The number of hydrogen-bond donors (Lipinski definition) is 1. The van der Waals surface area contributed by atoms with Crippen LogP contribution < -0.4 is 11.3 Å². The Morgan fingerprint density at radius 3 is 2.41 bits per heavy atom. The Morgan fingerprint density at radius 2 is 1.71 bits per heavy atom. The van der Waals surface area contributed by atoms with E-state index in [2.05, 4.69) is 5.16 Å². The number of halogens is 4. The van der Waals surface area contributed by atoms with Gasteiger partial charge in [0, 0.05) is 35.1 Å². The van der Waals surface area contributed by atoms with Crippen molar-refractivity contribution < 1.29 is 13.6 Å². The number of aromatic nitrogens is 1. The van der Waals surface area contributed by atoms with Crippen LogP contribution in [-0.2, 0) is 11.4 Å². The Hall–Kier alpha value is -3.68. The lowest BCUT2D eigenvalue weighted by atomic mass is 10.0. The molecule has 34 heavy (non-hydrogen) atoms. The molecule has 1 heterocycles. The molecule has 0 unspecified atom stereocenters. The quantitative estimate of drug-likeness (QED) is 0.201. The van der Waals surface area contributed by atoms with Crippen molar-refractivity contribution >= 4 is 34.6 Å². The molecular weight excluding hydrogens is 483 g/mol. The molecule has 0 saturated heterocycles. The standard InChI is InChI=1S/C25H17Cl2F2N3O2/c26-20-5-2-6-21(27)25(20)32-13-16(7-10-23(32)33)24(19-9-8-17(28)12-22(19)29)31-34-14-15-3-1-4-18(30)11-15/h1-13H,14,30H2. The molecule has 0 saturated carbocycles. The third-order valence-electron chi connectivity index (χ3n) is 4.89. The summed E-state index contributed by atoms with van der Waals surface area (Å²) in [5.41, 5.74) is 7.26. The van der Waals surface area contributed by atoms with Gasteiger partial charge in [0.15, 0.2) is 0 Å². The zero-order valence-electron chi connectivity index (χ0n) is 17.5. The largest absolute Gasteiger partial charge is 0.399 e. The Kier molecular flexibility index (Phi) is 6.95. The monoisotopic (exact) mass is 499 g/mol. The minimum Gasteiger partial charge on any atom is -0.399 e. The smallest absolute Gasteiger partial charge is 0.255 e. The zero-order chi connectivity index (χ0) is 24.2. The third-order valence-corrected chi connectivity index (χ3v) is 5.50. The number of oxime groups is 1. The highest BCUT2D eigenvalue weighted by Gasteiger charge is 2.17. The van der Waals surface area contributed by atoms with Crippen LogP contribution in [0.25, 0.3) is 5.69 Å². The van der Waals surface area contributed by atoms with Crippen LogP contribution in [0.2, 0.25) is 10.0 Å². The van der Waals surface area contributed by atoms with Crippen molar-refractivity contribution in [2.45, 2.75) is 6.61 Å². The molecule has 4 rings (SSSR count). The van der Waals surface area contributed by atoms with Crippen molar-refractivity contribution in [1.29, 1.82) is 0 Å². The first kappa shape index (κ1) is 23.5. The summed E-state index contributed by atoms with van der Waals surface area (Å²) in [6, 6.07) is 17.6. The van der Waals surface area contributed by atoms with Gasteiger partial charge in [-0.1, -0.05) is 46.6 Å². The van der Waals surface area contributed by atoms with Gasteiger partial charge in [0.2, 0.25) is 0 Å². The van der Waals surface area contributed by atoms with E-state index in [-0.39, 0.29) is 33.6 Å². The van der Waals surface area contributed by atoms with Gasteiger partial charge in [-0.25, -0.2) is 8.78 Å². The second-order valence-electron chi connectivity index (χ2n) is 7.28. The predicted octanol–water partition coefficient (Wildman–Crippen LogP) is 5.97. The maximum atomic E-state index is 14.7. The highest BCUT2D eigenvalue weighted by molar-refractivity contribution is 6.37. The van der Waals surface area contributed by atoms with Crippen molar-refractivity contribution in [3.05, 3.63) is 128 Å². The van der Waals surface area contributed by atoms with Gasteiger partial charge in [-0.3, -0.25) is 9.36 Å². The average Bonchev–Trinajstić information content (AvgIpc) is 2.79. The van der Waals surface area contributed by atoms with Crippen LogP contribution in [0.3, 0.4) is 0 Å². The van der Waals surface area contributed by atoms with E-state index in [9.17, 15) is 13.6 Å². The van der Waals surface area contributed by atoms with Crippen LogP contribution in [-0.4, -0.2) is 10.3 Å². The van der Waals surface area contributed by atoms with Crippen molar-refractivity contribution in [2.75, 3.05) is 5.73 Å². The van der Waals surface area contributed by atoms with E-state index in [0.29, 0.717) is 11.3 Å². The lowest BCUT2D eigenvalue weighted by Gasteiger charge is -2.13. The molecule has 172 valence electrons. The Balaban J connectivity index is 1.81. The molecule has 4 aromatic rings. The van der Waals surface area contributed by atoms with Gasteiger partial charge in [0.25, 0.3) is 5.56 Å². The molecule has 0 fully saturated rings. The topological polar surface area (TPSA) is 69.6 Å². The molecule has 5 nitrogen and oxygen atoms in total. The van der Waals surface area contributed by atoms with Gasteiger partial charge in [0.1, 0.15) is 24.0 Å². The molecule has 2 N–H and O–H groups in total. The SMILES string of the molecule is Nc1cccc(CON=C(c2ccc(=O)n(-c3c(Cl)cccc3Cl)c2)c2ccc(F)cc2F)c1. The van der Waals surface area contributed by atoms with Crippen LogP contribution in [0, 0.1) is 11.6 Å². The molecule has 3 aromatic carbocycles. The maximum absolute atomic E-state index is 14.7. The molecule has 0 aliphatic rings. The highest BCUT2D eigenvalue weighted by Crippen LogP contribution is 2.28. The molecule has 0 aliphatic carbocycles. The fourth-order valence-electron chi connectivity index (χ4n) is 3.31. The van der Waals surface area contributed by atoms with Gasteiger partial charge in [0.05, 0.1) is 15.7 Å². The lowest BCUT2D eigenvalue weighted by Crippen LogP contribution is -2.20. The molecule has 9 heteroatoms. The van der Waals surface area contributed by atoms with E-state index in [1.165, 1.54) is 29.0 Å². The number of anilines is 1. The van der Waals surface area contributed by atoms with E-state index in [0.717, 1.165) is 17.7 Å². The number of hydrogen-bond acceptors (Lipinski definition) is 4. The van der Waals surface area contributed by atoms with Crippen molar-refractivity contribution in [3.8, 4) is 5.69 Å². The Morgan fingerprint density at radius 1 is 0.971 bits per heavy atom. The van der Waals surface area contributed by atoms with Gasteiger partial charge in [-0.15, -0.1) is 0 Å². The molecule has 0 amide bonds. The third kappa shape index (κ3) is 5.11. The first-order valence-electron chi connectivity index (χ1n) is 10.0. The number of para-hydroxylation sites is 1. The van der Waals surface area contributed by atoms with E-state index < -0.39 is 17.2 Å². The second kappa shape index (κ2) is 10.1. The van der Waals surface area contributed by atoms with E-state index >= 15 is 0 Å². The summed E-state index contributed by atoms with van der Waals surface area (Å²) in [6.07, 6.45) is 1.42.